The third-order valence-corrected chi connectivity index (χ3v) is 4.64. The van der Waals surface area contributed by atoms with E-state index in [1.54, 1.807) is 12.0 Å². The Morgan fingerprint density at radius 1 is 1.23 bits per heavy atom. The summed E-state index contributed by atoms with van der Waals surface area (Å²) in [4.78, 5) is 14.1. The Bertz CT molecular complexity index is 569. The number of likely N-dealkylation sites (tertiary alicyclic amines) is 1. The molecule has 1 fully saturated rings. The van der Waals surface area contributed by atoms with Crippen LogP contribution in [-0.2, 0) is 16.1 Å². The fourth-order valence-corrected chi connectivity index (χ4v) is 3.14. The quantitative estimate of drug-likeness (QED) is 0.648. The van der Waals surface area contributed by atoms with Crippen molar-refractivity contribution in [3.63, 3.8) is 0 Å². The van der Waals surface area contributed by atoms with Crippen LogP contribution in [0.15, 0.2) is 30.3 Å². The number of hydrogen-bond donors (Lipinski definition) is 2. The van der Waals surface area contributed by atoms with Crippen LogP contribution in [-0.4, -0.2) is 63.4 Å². The van der Waals surface area contributed by atoms with E-state index in [4.69, 9.17) is 4.74 Å². The summed E-state index contributed by atoms with van der Waals surface area (Å²) >= 11 is 0. The third-order valence-electron chi connectivity index (χ3n) is 4.64. The van der Waals surface area contributed by atoms with Gasteiger partial charge in [-0.25, -0.2) is 0 Å². The van der Waals surface area contributed by atoms with Gasteiger partial charge in [-0.3, -0.25) is 9.69 Å². The molecule has 1 heterocycles. The molecule has 1 aliphatic rings. The topological polar surface area (TPSA) is 53.6 Å². The maximum absolute atomic E-state index is 13.7. The molecule has 26 heavy (non-hydrogen) atoms. The summed E-state index contributed by atoms with van der Waals surface area (Å²) in [6, 6.07) is 9.32. The summed E-state index contributed by atoms with van der Waals surface area (Å²) in [7, 11) is 1.57. The highest BCUT2D eigenvalue weighted by atomic mass is 19.4. The first-order valence-electron chi connectivity index (χ1n) is 8.70. The van der Waals surface area contributed by atoms with Gasteiger partial charge in [0.15, 0.2) is 5.41 Å². The van der Waals surface area contributed by atoms with Crippen molar-refractivity contribution in [3.8, 4) is 0 Å². The predicted octanol–water partition coefficient (Wildman–Crippen LogP) is 1.79. The zero-order valence-electron chi connectivity index (χ0n) is 14.9. The van der Waals surface area contributed by atoms with Gasteiger partial charge in [-0.05, 0) is 18.5 Å². The molecule has 0 aromatic heterocycles. The minimum atomic E-state index is -4.58. The second kappa shape index (κ2) is 9.34. The van der Waals surface area contributed by atoms with E-state index in [1.807, 2.05) is 30.3 Å². The first kappa shape index (κ1) is 20.7. The van der Waals surface area contributed by atoms with E-state index in [0.717, 1.165) is 5.56 Å². The molecule has 1 aromatic rings. The Morgan fingerprint density at radius 2 is 1.96 bits per heavy atom. The molecule has 0 saturated carbocycles. The van der Waals surface area contributed by atoms with Gasteiger partial charge in [0.1, 0.15) is 0 Å². The zero-order chi connectivity index (χ0) is 19.0. The van der Waals surface area contributed by atoms with Crippen molar-refractivity contribution in [1.82, 2.24) is 15.5 Å². The molecule has 8 heteroatoms. The summed E-state index contributed by atoms with van der Waals surface area (Å²) in [6.07, 6.45) is -4.79. The third kappa shape index (κ3) is 5.18. The molecule has 1 saturated heterocycles. The number of nitrogens with zero attached hydrogens (tertiary/aromatic N) is 1. The number of halogens is 3. The van der Waals surface area contributed by atoms with E-state index in [9.17, 15) is 18.0 Å². The molecule has 1 unspecified atom stereocenters. The van der Waals surface area contributed by atoms with Gasteiger partial charge < -0.3 is 15.4 Å². The number of rotatable bonds is 9. The van der Waals surface area contributed by atoms with Crippen molar-refractivity contribution >= 4 is 5.91 Å². The van der Waals surface area contributed by atoms with Gasteiger partial charge in [0.2, 0.25) is 5.91 Å². The SMILES string of the molecule is COCCNCCNC(=O)C1(C(F)(F)F)CCN(Cc2ccccc2)C1. The standard InChI is InChI=1S/C18H26F3N3O2/c1-26-12-10-22-8-9-23-16(25)17(18(19,20)21)7-11-24(14-17)13-15-5-3-2-4-6-15/h2-6,22H,7-14H2,1H3,(H,23,25). The molecule has 1 atom stereocenters. The molecular formula is C18H26F3N3O2. The highest BCUT2D eigenvalue weighted by Gasteiger charge is 2.62. The van der Waals surface area contributed by atoms with Gasteiger partial charge in [0, 0.05) is 39.8 Å². The average molecular weight is 373 g/mol. The summed E-state index contributed by atoms with van der Waals surface area (Å²) < 4.78 is 46.1. The van der Waals surface area contributed by atoms with Gasteiger partial charge in [-0.1, -0.05) is 30.3 Å². The number of alkyl halides is 3. The smallest absolute Gasteiger partial charge is 0.383 e. The summed E-state index contributed by atoms with van der Waals surface area (Å²) in [6.45, 7) is 1.99. The van der Waals surface area contributed by atoms with E-state index >= 15 is 0 Å². The molecule has 0 aliphatic carbocycles. The van der Waals surface area contributed by atoms with Crippen LogP contribution in [0.25, 0.3) is 0 Å². The first-order valence-corrected chi connectivity index (χ1v) is 8.70. The van der Waals surface area contributed by atoms with Gasteiger partial charge in [0.05, 0.1) is 6.61 Å². The normalized spacial score (nSPS) is 21.1. The minimum Gasteiger partial charge on any atom is -0.383 e. The fraction of sp³-hybridized carbons (Fsp3) is 0.611. The number of amides is 1. The molecular weight excluding hydrogens is 347 g/mol. The monoisotopic (exact) mass is 373 g/mol. The van der Waals surface area contributed by atoms with Crippen LogP contribution in [0.2, 0.25) is 0 Å². The molecule has 1 aliphatic heterocycles. The van der Waals surface area contributed by atoms with Crippen LogP contribution in [0.5, 0.6) is 0 Å². The van der Waals surface area contributed by atoms with Crippen LogP contribution < -0.4 is 10.6 Å². The second-order valence-corrected chi connectivity index (χ2v) is 6.52. The zero-order valence-corrected chi connectivity index (χ0v) is 14.9. The molecule has 1 amide bonds. The Kier molecular flexibility index (Phi) is 7.43. The Balaban J connectivity index is 1.93. The molecule has 0 radical (unpaired) electrons. The lowest BCUT2D eigenvalue weighted by Gasteiger charge is -2.30. The molecule has 5 nitrogen and oxygen atoms in total. The van der Waals surface area contributed by atoms with Crippen molar-refractivity contribution in [2.24, 2.45) is 5.41 Å². The predicted molar refractivity (Wildman–Crippen MR) is 92.6 cm³/mol. The Hall–Kier alpha value is -1.64. The van der Waals surface area contributed by atoms with Crippen molar-refractivity contribution < 1.29 is 22.7 Å². The molecule has 0 spiro atoms. The van der Waals surface area contributed by atoms with E-state index in [0.29, 0.717) is 26.2 Å². The van der Waals surface area contributed by atoms with Crippen molar-refractivity contribution in [1.29, 1.82) is 0 Å². The molecule has 146 valence electrons. The van der Waals surface area contributed by atoms with Gasteiger partial charge in [0.25, 0.3) is 0 Å². The summed E-state index contributed by atoms with van der Waals surface area (Å²) in [5.41, 5.74) is -1.40. The van der Waals surface area contributed by atoms with Crippen LogP contribution in [0, 0.1) is 5.41 Å². The van der Waals surface area contributed by atoms with Crippen LogP contribution >= 0.6 is 0 Å². The lowest BCUT2D eigenvalue weighted by molar-refractivity contribution is -0.218. The highest BCUT2D eigenvalue weighted by molar-refractivity contribution is 5.84. The van der Waals surface area contributed by atoms with Crippen LogP contribution in [0.4, 0.5) is 13.2 Å². The minimum absolute atomic E-state index is 0.152. The number of hydrogen-bond acceptors (Lipinski definition) is 4. The lowest BCUT2D eigenvalue weighted by Crippen LogP contribution is -2.53. The fourth-order valence-electron chi connectivity index (χ4n) is 3.14. The maximum Gasteiger partial charge on any atom is 0.404 e. The first-order chi connectivity index (χ1) is 12.4. The van der Waals surface area contributed by atoms with Crippen molar-refractivity contribution in [2.45, 2.75) is 19.1 Å². The lowest BCUT2D eigenvalue weighted by atomic mass is 9.85. The summed E-state index contributed by atoms with van der Waals surface area (Å²) in [5, 5.41) is 5.44. The number of carbonyl (C=O) groups is 1. The van der Waals surface area contributed by atoms with Crippen LogP contribution in [0.1, 0.15) is 12.0 Å². The van der Waals surface area contributed by atoms with E-state index in [1.165, 1.54) is 0 Å². The summed E-state index contributed by atoms with van der Waals surface area (Å²) in [5.74, 6) is -0.936. The number of nitrogens with one attached hydrogen (secondary N) is 2. The van der Waals surface area contributed by atoms with E-state index in [2.05, 4.69) is 10.6 Å². The molecule has 2 rings (SSSR count). The molecule has 2 N–H and O–H groups in total. The highest BCUT2D eigenvalue weighted by Crippen LogP contribution is 2.46. The van der Waals surface area contributed by atoms with Crippen LogP contribution in [0.3, 0.4) is 0 Å². The van der Waals surface area contributed by atoms with Gasteiger partial charge in [-0.15, -0.1) is 0 Å². The Labute approximate surface area is 151 Å². The Morgan fingerprint density at radius 3 is 2.62 bits per heavy atom. The van der Waals surface area contributed by atoms with Crippen molar-refractivity contribution in [3.05, 3.63) is 35.9 Å². The van der Waals surface area contributed by atoms with E-state index in [-0.39, 0.29) is 26.1 Å². The van der Waals surface area contributed by atoms with Crippen molar-refractivity contribution in [2.75, 3.05) is 46.4 Å². The number of methoxy groups -OCH3 is 1. The average Bonchev–Trinajstić information content (AvgIpc) is 3.04. The van der Waals surface area contributed by atoms with E-state index < -0.39 is 17.5 Å². The number of ether oxygens (including phenoxy) is 1. The molecule has 0 bridgehead atoms. The second-order valence-electron chi connectivity index (χ2n) is 6.52. The van der Waals surface area contributed by atoms with Gasteiger partial charge in [-0.2, -0.15) is 13.2 Å². The number of carbonyl (C=O) groups excluding carboxylic acids is 1. The number of benzene rings is 1. The largest absolute Gasteiger partial charge is 0.404 e. The maximum atomic E-state index is 13.7. The van der Waals surface area contributed by atoms with Gasteiger partial charge >= 0.3 is 6.18 Å². The molecule has 1 aromatic carbocycles.